The summed E-state index contributed by atoms with van der Waals surface area (Å²) < 4.78 is 22.1. The molecule has 0 saturated heterocycles. The van der Waals surface area contributed by atoms with Crippen LogP contribution in [0.1, 0.15) is 0 Å². The van der Waals surface area contributed by atoms with E-state index in [1.807, 2.05) is 0 Å². The molecule has 0 unspecified atom stereocenters. The second-order valence-corrected chi connectivity index (χ2v) is 2.22. The number of hydrogen-bond acceptors (Lipinski definition) is 4. The molecule has 0 aliphatic heterocycles. The molecule has 0 spiro atoms. The van der Waals surface area contributed by atoms with Gasteiger partial charge in [0.25, 0.3) is 0 Å². The van der Waals surface area contributed by atoms with Crippen molar-refractivity contribution in [1.82, 2.24) is 10.2 Å². The zero-order valence-corrected chi connectivity index (χ0v) is 5.78. The van der Waals surface area contributed by atoms with Crippen LogP contribution in [0.15, 0.2) is 18.3 Å². The van der Waals surface area contributed by atoms with E-state index in [1.165, 1.54) is 12.3 Å². The van der Waals surface area contributed by atoms with Crippen LogP contribution < -0.4 is 4.72 Å². The lowest BCUT2D eigenvalue weighted by Crippen LogP contribution is -1.97. The number of thiol groups is 1. The molecule has 0 atom stereocenters. The summed E-state index contributed by atoms with van der Waals surface area (Å²) in [6, 6.07) is 3.10. The maximum Gasteiger partial charge on any atom is 0.223 e. The van der Waals surface area contributed by atoms with Gasteiger partial charge in [0, 0.05) is 6.20 Å². The third-order valence-corrected chi connectivity index (χ3v) is 1.19. The van der Waals surface area contributed by atoms with Gasteiger partial charge >= 0.3 is 0 Å². The molecule has 1 aromatic heterocycles. The molecule has 5 nitrogen and oxygen atoms in total. The van der Waals surface area contributed by atoms with E-state index in [1.54, 1.807) is 6.07 Å². The van der Waals surface area contributed by atoms with Crippen molar-refractivity contribution in [1.29, 1.82) is 0 Å². The Labute approximate surface area is 59.2 Å². The van der Waals surface area contributed by atoms with Crippen molar-refractivity contribution in [3.8, 4) is 0 Å². The van der Waals surface area contributed by atoms with Crippen LogP contribution in [0.4, 0.5) is 5.82 Å². The number of nitrogens with zero attached hydrogens (tertiary/aromatic N) is 2. The molecule has 1 N–H and O–H groups in total. The Morgan fingerprint density at radius 3 is 2.80 bits per heavy atom. The van der Waals surface area contributed by atoms with Crippen LogP contribution in [0, 0.1) is 0 Å². The molecular weight excluding hydrogens is 154 g/mol. The fraction of sp³-hybridized carbons (Fsp3) is 0. The van der Waals surface area contributed by atoms with Crippen molar-refractivity contribution in [2.45, 2.75) is 0 Å². The van der Waals surface area contributed by atoms with Gasteiger partial charge in [-0.15, -0.1) is 5.10 Å². The average Bonchev–Trinajstić information content (AvgIpc) is 1.88. The topological polar surface area (TPSA) is 72.0 Å². The highest BCUT2D eigenvalue weighted by atomic mass is 32.2. The molecule has 0 aliphatic rings. The smallest absolute Gasteiger partial charge is 0.223 e. The Hall–Kier alpha value is -1.17. The van der Waals surface area contributed by atoms with Gasteiger partial charge in [0.1, 0.15) is 0 Å². The lowest BCUT2D eigenvalue weighted by atomic mass is 10.6. The molecule has 6 heteroatoms. The van der Waals surface area contributed by atoms with Crippen LogP contribution in [0.5, 0.6) is 0 Å². The van der Waals surface area contributed by atoms with Crippen molar-refractivity contribution < 1.29 is 8.42 Å². The fourth-order valence-corrected chi connectivity index (χ4v) is 0.761. The largest absolute Gasteiger partial charge is 0.268 e. The van der Waals surface area contributed by atoms with Gasteiger partial charge < -0.3 is 0 Å². The first-order valence-electron chi connectivity index (χ1n) is 2.48. The monoisotopic (exact) mass is 159 g/mol. The van der Waals surface area contributed by atoms with E-state index in [9.17, 15) is 8.42 Å². The lowest BCUT2D eigenvalue weighted by Gasteiger charge is -1.91. The fourth-order valence-electron chi connectivity index (χ4n) is 0.455. The first kappa shape index (κ1) is 6.94. The van der Waals surface area contributed by atoms with E-state index in [0.717, 1.165) is 0 Å². The van der Waals surface area contributed by atoms with Crippen LogP contribution in [0.2, 0.25) is 0 Å². The number of aromatic nitrogens is 2. The first-order chi connectivity index (χ1) is 4.79. The van der Waals surface area contributed by atoms with Gasteiger partial charge in [-0.3, -0.25) is 4.72 Å². The number of anilines is 1. The first-order valence-corrected chi connectivity index (χ1v) is 3.65. The normalized spacial score (nSPS) is 9.70. The van der Waals surface area contributed by atoms with E-state index in [2.05, 4.69) is 14.9 Å². The highest BCUT2D eigenvalue weighted by Gasteiger charge is 1.88. The number of rotatable bonds is 2. The van der Waals surface area contributed by atoms with Gasteiger partial charge in [-0.2, -0.15) is 5.10 Å². The van der Waals surface area contributed by atoms with Crippen molar-refractivity contribution in [3.63, 3.8) is 0 Å². The average molecular weight is 159 g/mol. The summed E-state index contributed by atoms with van der Waals surface area (Å²) in [5, 5.41) is 6.93. The predicted molar refractivity (Wildman–Crippen MR) is 36.0 cm³/mol. The van der Waals surface area contributed by atoms with Crippen LogP contribution in [-0.2, 0) is 10.9 Å². The summed E-state index contributed by atoms with van der Waals surface area (Å²) in [5.74, 6) is 0.235. The lowest BCUT2D eigenvalue weighted by molar-refractivity contribution is 0.618. The molecule has 54 valence electrons. The summed E-state index contributed by atoms with van der Waals surface area (Å²) in [4.78, 5) is 0. The Bertz CT molecular complexity index is 263. The zero-order valence-electron chi connectivity index (χ0n) is 4.89. The van der Waals surface area contributed by atoms with Crippen LogP contribution in [-0.4, -0.2) is 18.6 Å². The molecule has 0 saturated carbocycles. The second kappa shape index (κ2) is 3.11. The molecule has 1 heterocycles. The van der Waals surface area contributed by atoms with Gasteiger partial charge in [-0.25, -0.2) is 8.42 Å². The summed E-state index contributed by atoms with van der Waals surface area (Å²) in [5.41, 5.74) is 0. The van der Waals surface area contributed by atoms with E-state index in [4.69, 9.17) is 0 Å². The summed E-state index contributed by atoms with van der Waals surface area (Å²) in [6.45, 7) is 0. The molecule has 0 aliphatic carbocycles. The van der Waals surface area contributed by atoms with Crippen molar-refractivity contribution in [3.05, 3.63) is 18.3 Å². The van der Waals surface area contributed by atoms with Crippen LogP contribution >= 0.6 is 0 Å². The Balaban J connectivity index is 2.77. The maximum absolute atomic E-state index is 10.0. The molecule has 0 radical (unpaired) electrons. The summed E-state index contributed by atoms with van der Waals surface area (Å²) in [6.07, 6.45) is 1.46. The predicted octanol–water partition coefficient (Wildman–Crippen LogP) is -0.585. The maximum atomic E-state index is 10.0. The third-order valence-electron chi connectivity index (χ3n) is 0.778. The molecule has 0 bridgehead atoms. The van der Waals surface area contributed by atoms with Gasteiger partial charge in [-0.1, -0.05) is 0 Å². The van der Waals surface area contributed by atoms with E-state index >= 15 is 0 Å². The minimum absolute atomic E-state index is 0.235. The molecule has 0 aromatic carbocycles. The van der Waals surface area contributed by atoms with Crippen molar-refractivity contribution in [2.75, 3.05) is 4.72 Å². The molecule has 1 aromatic rings. The highest BCUT2D eigenvalue weighted by molar-refractivity contribution is 7.73. The van der Waals surface area contributed by atoms with E-state index in [-0.39, 0.29) is 5.82 Å². The van der Waals surface area contributed by atoms with Crippen LogP contribution in [0.25, 0.3) is 0 Å². The number of nitrogens with one attached hydrogen (secondary N) is 1. The van der Waals surface area contributed by atoms with Crippen LogP contribution in [0.3, 0.4) is 0 Å². The van der Waals surface area contributed by atoms with Crippen molar-refractivity contribution >= 4 is 16.7 Å². The molecular formula is C4H5N3O2S. The Kier molecular flexibility index (Phi) is 2.16. The SMILES string of the molecule is O=[SH](=O)Nc1cccnn1. The molecule has 1 rings (SSSR count). The third kappa shape index (κ3) is 1.98. The molecule has 0 amide bonds. The highest BCUT2D eigenvalue weighted by Crippen LogP contribution is 1.95. The standard InChI is InChI=1S/C4H5N3O2S/c8-10(9)7-4-2-1-3-5-6-4/h1-3,10H,(H,6,7,8,9). The quantitative estimate of drug-likeness (QED) is 0.566. The van der Waals surface area contributed by atoms with Gasteiger partial charge in [0.05, 0.1) is 0 Å². The second-order valence-electron chi connectivity index (χ2n) is 1.48. The minimum Gasteiger partial charge on any atom is -0.268 e. The molecule has 10 heavy (non-hydrogen) atoms. The minimum atomic E-state index is -2.63. The van der Waals surface area contributed by atoms with E-state index in [0.29, 0.717) is 0 Å². The van der Waals surface area contributed by atoms with Gasteiger partial charge in [0.15, 0.2) is 5.82 Å². The summed E-state index contributed by atoms with van der Waals surface area (Å²) >= 11 is 0. The van der Waals surface area contributed by atoms with Gasteiger partial charge in [-0.05, 0) is 12.1 Å². The Morgan fingerprint density at radius 1 is 1.50 bits per heavy atom. The molecule has 0 fully saturated rings. The van der Waals surface area contributed by atoms with Crippen molar-refractivity contribution in [2.24, 2.45) is 0 Å². The summed E-state index contributed by atoms with van der Waals surface area (Å²) in [7, 11) is -2.63. The Morgan fingerprint density at radius 2 is 2.30 bits per heavy atom. The van der Waals surface area contributed by atoms with E-state index < -0.39 is 10.9 Å². The van der Waals surface area contributed by atoms with Gasteiger partial charge in [0.2, 0.25) is 10.9 Å². The zero-order chi connectivity index (χ0) is 7.40. The number of hydrogen-bond donors (Lipinski definition) is 2.